The van der Waals surface area contributed by atoms with Crippen LogP contribution in [0.4, 0.5) is 4.79 Å². The Bertz CT molecular complexity index is 459. The van der Waals surface area contributed by atoms with Gasteiger partial charge in [0.1, 0.15) is 11.0 Å². The van der Waals surface area contributed by atoms with Crippen LogP contribution in [0, 0.1) is 5.92 Å². The topological polar surface area (TPSA) is 91.3 Å². The first kappa shape index (κ1) is 16.4. The lowest BCUT2D eigenvalue weighted by molar-refractivity contribution is -0.140. The van der Waals surface area contributed by atoms with Crippen LogP contribution in [-0.4, -0.2) is 28.1 Å². The van der Waals surface area contributed by atoms with Crippen molar-refractivity contribution in [1.82, 2.24) is 15.6 Å². The number of urea groups is 1. The van der Waals surface area contributed by atoms with E-state index in [0.717, 1.165) is 5.01 Å². The molecule has 0 aliphatic carbocycles. The van der Waals surface area contributed by atoms with Crippen LogP contribution in [0.5, 0.6) is 0 Å². The third-order valence-electron chi connectivity index (χ3n) is 3.16. The van der Waals surface area contributed by atoms with E-state index < -0.39 is 23.6 Å². The lowest BCUT2D eigenvalue weighted by Gasteiger charge is -2.26. The number of amides is 2. The molecular weight excluding hydrogens is 278 g/mol. The Labute approximate surface area is 122 Å². The molecule has 6 nitrogen and oxygen atoms in total. The summed E-state index contributed by atoms with van der Waals surface area (Å²) in [5.41, 5.74) is -0.642. The van der Waals surface area contributed by atoms with Crippen molar-refractivity contribution in [2.24, 2.45) is 5.92 Å². The minimum absolute atomic E-state index is 0.138. The summed E-state index contributed by atoms with van der Waals surface area (Å²) >= 11 is 1.44. The number of nitrogens with one attached hydrogen (secondary N) is 2. The number of carboxylic acids is 1. The van der Waals surface area contributed by atoms with Gasteiger partial charge >= 0.3 is 12.0 Å². The second kappa shape index (κ2) is 6.69. The standard InChI is InChI=1S/C13H21N3O3S/c1-5-8(2)9(10(17)18)15-12(19)16-13(3,4)11-14-6-7-20-11/h6-9H,5H2,1-4H3,(H,17,18)(H2,15,16,19). The molecule has 0 spiro atoms. The van der Waals surface area contributed by atoms with Crippen molar-refractivity contribution in [3.8, 4) is 0 Å². The van der Waals surface area contributed by atoms with Crippen LogP contribution < -0.4 is 10.6 Å². The molecule has 0 aliphatic rings. The maximum Gasteiger partial charge on any atom is 0.326 e. The predicted octanol–water partition coefficient (Wildman–Crippen LogP) is 2.18. The Morgan fingerprint density at radius 1 is 1.50 bits per heavy atom. The number of rotatable bonds is 6. The minimum Gasteiger partial charge on any atom is -0.480 e. The molecule has 1 heterocycles. The van der Waals surface area contributed by atoms with E-state index in [2.05, 4.69) is 15.6 Å². The van der Waals surface area contributed by atoms with Crippen LogP contribution in [0.3, 0.4) is 0 Å². The zero-order chi connectivity index (χ0) is 15.3. The molecule has 2 atom stereocenters. The van der Waals surface area contributed by atoms with Crippen LogP contribution >= 0.6 is 11.3 Å². The van der Waals surface area contributed by atoms with Gasteiger partial charge in [0.05, 0.1) is 5.54 Å². The van der Waals surface area contributed by atoms with E-state index in [0.29, 0.717) is 6.42 Å². The first-order valence-corrected chi connectivity index (χ1v) is 7.37. The summed E-state index contributed by atoms with van der Waals surface area (Å²) in [7, 11) is 0. The lowest BCUT2D eigenvalue weighted by atomic mass is 9.99. The molecule has 0 radical (unpaired) electrons. The molecule has 2 amide bonds. The molecular formula is C13H21N3O3S. The molecule has 0 saturated heterocycles. The van der Waals surface area contributed by atoms with Gasteiger partial charge in [-0.25, -0.2) is 14.6 Å². The van der Waals surface area contributed by atoms with Crippen LogP contribution in [0.15, 0.2) is 11.6 Å². The summed E-state index contributed by atoms with van der Waals surface area (Å²) in [6.07, 6.45) is 2.34. The molecule has 0 aliphatic heterocycles. The summed E-state index contributed by atoms with van der Waals surface area (Å²) in [5.74, 6) is -1.16. The van der Waals surface area contributed by atoms with Crippen molar-refractivity contribution >= 4 is 23.3 Å². The highest BCUT2D eigenvalue weighted by Crippen LogP contribution is 2.21. The van der Waals surface area contributed by atoms with E-state index in [1.165, 1.54) is 11.3 Å². The second-order valence-electron chi connectivity index (χ2n) is 5.26. The SMILES string of the molecule is CCC(C)C(NC(=O)NC(C)(C)c1nccs1)C(=O)O. The number of carbonyl (C=O) groups is 2. The smallest absolute Gasteiger partial charge is 0.326 e. The molecule has 1 aromatic rings. The van der Waals surface area contributed by atoms with Gasteiger partial charge in [-0.1, -0.05) is 20.3 Å². The van der Waals surface area contributed by atoms with Crippen molar-refractivity contribution in [2.75, 3.05) is 0 Å². The highest BCUT2D eigenvalue weighted by atomic mass is 32.1. The number of aliphatic carboxylic acids is 1. The Hall–Kier alpha value is -1.63. The second-order valence-corrected chi connectivity index (χ2v) is 6.16. The minimum atomic E-state index is -1.03. The molecule has 3 N–H and O–H groups in total. The molecule has 1 rings (SSSR count). The fraction of sp³-hybridized carbons (Fsp3) is 0.615. The van der Waals surface area contributed by atoms with Gasteiger partial charge in [-0.3, -0.25) is 0 Å². The molecule has 0 aromatic carbocycles. The van der Waals surface area contributed by atoms with Gasteiger partial charge in [-0.2, -0.15) is 0 Å². The predicted molar refractivity (Wildman–Crippen MR) is 77.7 cm³/mol. The molecule has 0 saturated carbocycles. The molecule has 7 heteroatoms. The number of aromatic nitrogens is 1. The Morgan fingerprint density at radius 3 is 2.60 bits per heavy atom. The zero-order valence-corrected chi connectivity index (χ0v) is 13.0. The van der Waals surface area contributed by atoms with E-state index in [9.17, 15) is 9.59 Å². The summed E-state index contributed by atoms with van der Waals surface area (Å²) in [5, 5.41) is 17.0. The molecule has 20 heavy (non-hydrogen) atoms. The third kappa shape index (κ3) is 4.19. The highest BCUT2D eigenvalue weighted by molar-refractivity contribution is 7.09. The van der Waals surface area contributed by atoms with Crippen molar-refractivity contribution in [2.45, 2.75) is 45.7 Å². The Kier molecular flexibility index (Phi) is 5.50. The molecule has 2 unspecified atom stereocenters. The highest BCUT2D eigenvalue weighted by Gasteiger charge is 2.29. The maximum absolute atomic E-state index is 12.0. The average molecular weight is 299 g/mol. The number of hydrogen-bond acceptors (Lipinski definition) is 4. The fourth-order valence-corrected chi connectivity index (χ4v) is 2.45. The van der Waals surface area contributed by atoms with Gasteiger partial charge < -0.3 is 15.7 Å². The van der Waals surface area contributed by atoms with Crippen LogP contribution in [0.1, 0.15) is 39.1 Å². The normalized spacial score (nSPS) is 14.4. The van der Waals surface area contributed by atoms with Crippen LogP contribution in [0.2, 0.25) is 0 Å². The van der Waals surface area contributed by atoms with Gasteiger partial charge in [0.25, 0.3) is 0 Å². The van der Waals surface area contributed by atoms with Gasteiger partial charge in [0, 0.05) is 11.6 Å². The third-order valence-corrected chi connectivity index (χ3v) is 4.26. The molecule has 112 valence electrons. The number of nitrogens with zero attached hydrogens (tertiary/aromatic N) is 1. The Balaban J connectivity index is 2.69. The van der Waals surface area contributed by atoms with E-state index in [1.807, 2.05) is 26.2 Å². The van der Waals surface area contributed by atoms with Crippen molar-refractivity contribution in [1.29, 1.82) is 0 Å². The molecule has 0 bridgehead atoms. The van der Waals surface area contributed by atoms with E-state index in [-0.39, 0.29) is 5.92 Å². The number of carbonyl (C=O) groups excluding carboxylic acids is 1. The lowest BCUT2D eigenvalue weighted by Crippen LogP contribution is -2.53. The molecule has 0 fully saturated rings. The van der Waals surface area contributed by atoms with E-state index >= 15 is 0 Å². The molecule has 1 aromatic heterocycles. The van der Waals surface area contributed by atoms with E-state index in [4.69, 9.17) is 5.11 Å². The monoisotopic (exact) mass is 299 g/mol. The maximum atomic E-state index is 12.0. The summed E-state index contributed by atoms with van der Waals surface area (Å²) in [6.45, 7) is 7.33. The van der Waals surface area contributed by atoms with Gasteiger partial charge in [-0.15, -0.1) is 11.3 Å². The first-order chi connectivity index (χ1) is 9.27. The van der Waals surface area contributed by atoms with Crippen molar-refractivity contribution in [3.63, 3.8) is 0 Å². The largest absolute Gasteiger partial charge is 0.480 e. The van der Waals surface area contributed by atoms with Gasteiger partial charge in [0.2, 0.25) is 0 Å². The number of carboxylic acid groups (broad SMARTS) is 1. The summed E-state index contributed by atoms with van der Waals surface area (Å²) < 4.78 is 0. The van der Waals surface area contributed by atoms with Crippen molar-refractivity contribution < 1.29 is 14.7 Å². The van der Waals surface area contributed by atoms with Gasteiger partial charge in [-0.05, 0) is 19.8 Å². The number of hydrogen-bond donors (Lipinski definition) is 3. The fourth-order valence-electron chi connectivity index (χ4n) is 1.73. The summed E-state index contributed by atoms with van der Waals surface area (Å²) in [6, 6.07) is -1.40. The summed E-state index contributed by atoms with van der Waals surface area (Å²) in [4.78, 5) is 27.3. The van der Waals surface area contributed by atoms with Gasteiger partial charge in [0.15, 0.2) is 0 Å². The average Bonchev–Trinajstić information content (AvgIpc) is 2.88. The van der Waals surface area contributed by atoms with Crippen molar-refractivity contribution in [3.05, 3.63) is 16.6 Å². The first-order valence-electron chi connectivity index (χ1n) is 6.49. The van der Waals surface area contributed by atoms with Crippen LogP contribution in [0.25, 0.3) is 0 Å². The Morgan fingerprint density at radius 2 is 2.15 bits per heavy atom. The quantitative estimate of drug-likeness (QED) is 0.750. The zero-order valence-electron chi connectivity index (χ0n) is 12.1. The van der Waals surface area contributed by atoms with Crippen LogP contribution in [-0.2, 0) is 10.3 Å². The van der Waals surface area contributed by atoms with E-state index in [1.54, 1.807) is 13.1 Å². The number of thiazole rings is 1.